The lowest BCUT2D eigenvalue weighted by atomic mass is 10.5. The molecule has 0 spiro atoms. The van der Waals surface area contributed by atoms with Crippen molar-refractivity contribution in [2.24, 2.45) is 4.99 Å². The van der Waals surface area contributed by atoms with Gasteiger partial charge < -0.3 is 10.6 Å². The van der Waals surface area contributed by atoms with Gasteiger partial charge in [-0.3, -0.25) is 4.99 Å². The molecule has 0 aliphatic carbocycles. The van der Waals surface area contributed by atoms with Crippen LogP contribution in [0.15, 0.2) is 23.0 Å². The molecule has 19 heavy (non-hydrogen) atoms. The number of thiazole rings is 1. The number of aromatic nitrogens is 1. The molecule has 0 aromatic carbocycles. The maximum absolute atomic E-state index is 12.3. The van der Waals surface area contributed by atoms with Crippen LogP contribution in [0.2, 0.25) is 0 Å². The maximum atomic E-state index is 12.3. The monoisotopic (exact) mass is 406 g/mol. The summed E-state index contributed by atoms with van der Waals surface area (Å²) < 4.78 is 36.9. The largest absolute Gasteiger partial charge is 0.434 e. The zero-order valence-electron chi connectivity index (χ0n) is 10.1. The highest BCUT2D eigenvalue weighted by molar-refractivity contribution is 14.0. The Bertz CT molecular complexity index is 431. The highest BCUT2D eigenvalue weighted by atomic mass is 127. The SMILES string of the molecule is C=CCNC(=NC)NCc1nc(C(F)(F)F)cs1.I. The van der Waals surface area contributed by atoms with E-state index in [1.165, 1.54) is 0 Å². The standard InChI is InChI=1S/C10H13F3N4S.HI/c1-3-4-15-9(14-2)16-5-8-17-7(6-18-8)10(11,12)13;/h3,6H,1,4-5H2,2H3,(H2,14,15,16);1H. The normalized spacial score (nSPS) is 11.7. The minimum atomic E-state index is -4.39. The van der Waals surface area contributed by atoms with E-state index in [1.807, 2.05) is 0 Å². The van der Waals surface area contributed by atoms with Crippen LogP contribution in [0.4, 0.5) is 13.2 Å². The average Bonchev–Trinajstić information content (AvgIpc) is 2.78. The van der Waals surface area contributed by atoms with Crippen LogP contribution in [0, 0.1) is 0 Å². The highest BCUT2D eigenvalue weighted by Gasteiger charge is 2.33. The number of guanidine groups is 1. The summed E-state index contributed by atoms with van der Waals surface area (Å²) in [5, 5.41) is 7.11. The number of rotatable bonds is 4. The second-order valence-corrected chi connectivity index (χ2v) is 4.16. The topological polar surface area (TPSA) is 49.3 Å². The van der Waals surface area contributed by atoms with Crippen molar-refractivity contribution < 1.29 is 13.2 Å². The van der Waals surface area contributed by atoms with E-state index in [-0.39, 0.29) is 30.5 Å². The Labute approximate surface area is 130 Å². The number of aliphatic imine (C=N–C) groups is 1. The highest BCUT2D eigenvalue weighted by Crippen LogP contribution is 2.29. The molecular weight excluding hydrogens is 392 g/mol. The van der Waals surface area contributed by atoms with Crippen molar-refractivity contribution in [3.8, 4) is 0 Å². The Morgan fingerprint density at radius 1 is 1.53 bits per heavy atom. The van der Waals surface area contributed by atoms with E-state index in [2.05, 4.69) is 27.2 Å². The molecule has 0 amide bonds. The van der Waals surface area contributed by atoms with Gasteiger partial charge in [-0.15, -0.1) is 41.9 Å². The Morgan fingerprint density at radius 3 is 2.68 bits per heavy atom. The van der Waals surface area contributed by atoms with Gasteiger partial charge in [-0.25, -0.2) is 4.98 Å². The summed E-state index contributed by atoms with van der Waals surface area (Å²) >= 11 is 0.956. The van der Waals surface area contributed by atoms with Crippen LogP contribution in [-0.2, 0) is 12.7 Å². The number of alkyl halides is 3. The van der Waals surface area contributed by atoms with Crippen LogP contribution in [0.25, 0.3) is 0 Å². The molecule has 0 radical (unpaired) electrons. The lowest BCUT2D eigenvalue weighted by Gasteiger charge is -2.08. The Morgan fingerprint density at radius 2 is 2.21 bits per heavy atom. The zero-order chi connectivity index (χ0) is 13.6. The van der Waals surface area contributed by atoms with Gasteiger partial charge in [0.25, 0.3) is 0 Å². The maximum Gasteiger partial charge on any atom is 0.434 e. The average molecular weight is 406 g/mol. The lowest BCUT2D eigenvalue weighted by Crippen LogP contribution is -2.36. The Balaban J connectivity index is 0.00000324. The second-order valence-electron chi connectivity index (χ2n) is 3.22. The molecule has 0 unspecified atom stereocenters. The summed E-state index contributed by atoms with van der Waals surface area (Å²) in [7, 11) is 1.57. The van der Waals surface area contributed by atoms with E-state index in [0.29, 0.717) is 17.5 Å². The third-order valence-corrected chi connectivity index (χ3v) is 2.74. The van der Waals surface area contributed by atoms with Crippen molar-refractivity contribution in [3.05, 3.63) is 28.7 Å². The number of nitrogens with zero attached hydrogens (tertiary/aromatic N) is 2. The van der Waals surface area contributed by atoms with E-state index < -0.39 is 11.9 Å². The molecule has 1 aromatic heterocycles. The van der Waals surface area contributed by atoms with Crippen LogP contribution in [0.3, 0.4) is 0 Å². The first kappa shape index (κ1) is 18.2. The number of nitrogens with one attached hydrogen (secondary N) is 2. The van der Waals surface area contributed by atoms with Crippen molar-refractivity contribution in [1.29, 1.82) is 0 Å². The molecule has 1 rings (SSSR count). The van der Waals surface area contributed by atoms with Crippen LogP contribution in [0.1, 0.15) is 10.7 Å². The summed E-state index contributed by atoms with van der Waals surface area (Å²) in [4.78, 5) is 7.39. The molecule has 0 bridgehead atoms. The number of hydrogen-bond acceptors (Lipinski definition) is 3. The summed E-state index contributed by atoms with van der Waals surface area (Å²) in [6.45, 7) is 4.25. The van der Waals surface area contributed by atoms with E-state index in [1.54, 1.807) is 13.1 Å². The van der Waals surface area contributed by atoms with Crippen LogP contribution in [-0.4, -0.2) is 24.5 Å². The molecule has 0 atom stereocenters. The third kappa shape index (κ3) is 6.23. The fraction of sp³-hybridized carbons (Fsp3) is 0.400. The molecule has 1 aromatic rings. The van der Waals surface area contributed by atoms with Crippen molar-refractivity contribution in [2.75, 3.05) is 13.6 Å². The van der Waals surface area contributed by atoms with E-state index in [4.69, 9.17) is 0 Å². The second kappa shape index (κ2) is 8.35. The van der Waals surface area contributed by atoms with Crippen LogP contribution in [0.5, 0.6) is 0 Å². The smallest absolute Gasteiger partial charge is 0.353 e. The van der Waals surface area contributed by atoms with E-state index in [0.717, 1.165) is 16.7 Å². The van der Waals surface area contributed by atoms with Gasteiger partial charge in [-0.2, -0.15) is 13.2 Å². The summed E-state index contributed by atoms with van der Waals surface area (Å²) in [5.74, 6) is 0.485. The predicted molar refractivity (Wildman–Crippen MR) is 80.9 cm³/mol. The Hall–Kier alpha value is -0.840. The molecule has 1 heterocycles. The van der Waals surface area contributed by atoms with E-state index >= 15 is 0 Å². The first-order valence-corrected chi connectivity index (χ1v) is 5.92. The Kier molecular flexibility index (Phi) is 7.99. The van der Waals surface area contributed by atoms with Gasteiger partial charge in [-0.05, 0) is 0 Å². The van der Waals surface area contributed by atoms with Gasteiger partial charge in [0.2, 0.25) is 0 Å². The van der Waals surface area contributed by atoms with Crippen LogP contribution < -0.4 is 10.6 Å². The van der Waals surface area contributed by atoms with Crippen molar-refractivity contribution in [2.45, 2.75) is 12.7 Å². The molecule has 0 saturated carbocycles. The van der Waals surface area contributed by atoms with Gasteiger partial charge >= 0.3 is 6.18 Å². The minimum Gasteiger partial charge on any atom is -0.353 e. The van der Waals surface area contributed by atoms with Crippen molar-refractivity contribution in [3.63, 3.8) is 0 Å². The molecule has 2 N–H and O–H groups in total. The van der Waals surface area contributed by atoms with Crippen molar-refractivity contribution >= 4 is 41.3 Å². The fourth-order valence-electron chi connectivity index (χ4n) is 1.07. The number of halogens is 4. The fourth-order valence-corrected chi connectivity index (χ4v) is 1.81. The molecule has 9 heteroatoms. The quantitative estimate of drug-likeness (QED) is 0.350. The molecule has 0 aliphatic heterocycles. The third-order valence-electron chi connectivity index (χ3n) is 1.89. The number of hydrogen-bond donors (Lipinski definition) is 2. The molecule has 0 fully saturated rings. The first-order chi connectivity index (χ1) is 8.47. The molecule has 0 aliphatic rings. The van der Waals surface area contributed by atoms with Gasteiger partial charge in [0, 0.05) is 19.0 Å². The zero-order valence-corrected chi connectivity index (χ0v) is 13.3. The first-order valence-electron chi connectivity index (χ1n) is 5.04. The molecule has 0 saturated heterocycles. The summed E-state index contributed by atoms with van der Waals surface area (Å²) in [6.07, 6.45) is -2.74. The predicted octanol–water partition coefficient (Wildman–Crippen LogP) is 2.63. The van der Waals surface area contributed by atoms with Gasteiger partial charge in [0.1, 0.15) is 5.01 Å². The van der Waals surface area contributed by atoms with Crippen LogP contribution >= 0.6 is 35.3 Å². The molecular formula is C10H14F3IN4S. The van der Waals surface area contributed by atoms with Crippen molar-refractivity contribution in [1.82, 2.24) is 15.6 Å². The van der Waals surface area contributed by atoms with Gasteiger partial charge in [-0.1, -0.05) is 6.08 Å². The summed E-state index contributed by atoms with van der Waals surface area (Å²) in [6, 6.07) is 0. The minimum absolute atomic E-state index is 0. The van der Waals surface area contributed by atoms with Gasteiger partial charge in [0.05, 0.1) is 6.54 Å². The molecule has 4 nitrogen and oxygen atoms in total. The molecule has 108 valence electrons. The van der Waals surface area contributed by atoms with Gasteiger partial charge in [0.15, 0.2) is 11.7 Å². The van der Waals surface area contributed by atoms with E-state index in [9.17, 15) is 13.2 Å². The summed E-state index contributed by atoms with van der Waals surface area (Å²) in [5.41, 5.74) is -0.863. The lowest BCUT2D eigenvalue weighted by molar-refractivity contribution is -0.140.